The molecule has 6 N–H and O–H groups in total. The second kappa shape index (κ2) is 7.59. The number of aryl methyl sites for hydroxylation is 1. The minimum absolute atomic E-state index is 0.0111. The van der Waals surface area contributed by atoms with Crippen LogP contribution < -0.4 is 4.74 Å². The van der Waals surface area contributed by atoms with Crippen molar-refractivity contribution in [1.29, 1.82) is 0 Å². The Balaban J connectivity index is 1.72. The fourth-order valence-electron chi connectivity index (χ4n) is 3.79. The van der Waals surface area contributed by atoms with E-state index in [1.807, 2.05) is 0 Å². The molecule has 164 valence electrons. The summed E-state index contributed by atoms with van der Waals surface area (Å²) in [6.07, 6.45) is -7.88. The van der Waals surface area contributed by atoms with Gasteiger partial charge in [-0.25, -0.2) is 0 Å². The van der Waals surface area contributed by atoms with Gasteiger partial charge in [-0.3, -0.25) is 9.59 Å². The Morgan fingerprint density at radius 1 is 0.871 bits per heavy atom. The van der Waals surface area contributed by atoms with Crippen molar-refractivity contribution in [2.45, 2.75) is 37.6 Å². The fraction of sp³-hybridized carbons (Fsp3) is 0.333. The molecule has 0 bridgehead atoms. The van der Waals surface area contributed by atoms with Gasteiger partial charge in [0, 0.05) is 16.7 Å². The van der Waals surface area contributed by atoms with Gasteiger partial charge in [-0.2, -0.15) is 0 Å². The van der Waals surface area contributed by atoms with Crippen LogP contribution >= 0.6 is 0 Å². The summed E-state index contributed by atoms with van der Waals surface area (Å²) in [5, 5.41) is 59.7. The molecule has 2 aromatic carbocycles. The summed E-state index contributed by atoms with van der Waals surface area (Å²) in [5.41, 5.74) is 0.174. The molecule has 5 atom stereocenters. The van der Waals surface area contributed by atoms with Gasteiger partial charge < -0.3 is 40.1 Å². The van der Waals surface area contributed by atoms with Crippen LogP contribution in [0.4, 0.5) is 0 Å². The topological polar surface area (TPSA) is 174 Å². The molecular weight excluding hydrogens is 412 g/mol. The van der Waals surface area contributed by atoms with Crippen LogP contribution in [-0.4, -0.2) is 79.5 Å². The molecule has 1 aliphatic heterocycles. The average molecular weight is 432 g/mol. The van der Waals surface area contributed by atoms with Gasteiger partial charge in [0.05, 0.1) is 12.2 Å². The number of phenols is 2. The summed E-state index contributed by atoms with van der Waals surface area (Å²) in [6.45, 7) is 0.978. The van der Waals surface area contributed by atoms with E-state index < -0.39 is 54.6 Å². The first-order valence-corrected chi connectivity index (χ1v) is 9.41. The lowest BCUT2D eigenvalue weighted by atomic mass is 9.82. The molecule has 1 aliphatic carbocycles. The van der Waals surface area contributed by atoms with Crippen molar-refractivity contribution in [3.05, 3.63) is 52.1 Å². The number of fused-ring (bicyclic) bond motifs is 2. The summed E-state index contributed by atoms with van der Waals surface area (Å²) in [4.78, 5) is 25.8. The van der Waals surface area contributed by atoms with E-state index in [1.54, 1.807) is 6.92 Å². The van der Waals surface area contributed by atoms with Crippen LogP contribution in [-0.2, 0) is 4.74 Å². The lowest BCUT2D eigenvalue weighted by Gasteiger charge is -2.39. The lowest BCUT2D eigenvalue weighted by molar-refractivity contribution is -0.277. The van der Waals surface area contributed by atoms with Gasteiger partial charge in [-0.05, 0) is 36.8 Å². The maximum absolute atomic E-state index is 13.0. The number of phenolic OH excluding ortho intramolecular Hbond substituents is 2. The molecule has 1 saturated heterocycles. The molecule has 2 aliphatic rings. The number of aliphatic hydroxyl groups excluding tert-OH is 4. The van der Waals surface area contributed by atoms with Crippen molar-refractivity contribution in [2.75, 3.05) is 6.61 Å². The highest BCUT2D eigenvalue weighted by atomic mass is 16.7. The van der Waals surface area contributed by atoms with Crippen molar-refractivity contribution in [3.63, 3.8) is 0 Å². The molecule has 0 amide bonds. The van der Waals surface area contributed by atoms with Crippen molar-refractivity contribution in [1.82, 2.24) is 0 Å². The van der Waals surface area contributed by atoms with Crippen molar-refractivity contribution in [3.8, 4) is 17.2 Å². The second-order valence-electron chi connectivity index (χ2n) is 7.55. The van der Waals surface area contributed by atoms with Crippen LogP contribution in [0.25, 0.3) is 0 Å². The number of rotatable bonds is 3. The van der Waals surface area contributed by atoms with E-state index in [1.165, 1.54) is 12.1 Å². The summed E-state index contributed by atoms with van der Waals surface area (Å²) in [6, 6.07) is 4.90. The quantitative estimate of drug-likeness (QED) is 0.312. The van der Waals surface area contributed by atoms with Gasteiger partial charge in [0.25, 0.3) is 0 Å². The van der Waals surface area contributed by atoms with Crippen LogP contribution in [0.2, 0.25) is 0 Å². The molecule has 31 heavy (non-hydrogen) atoms. The third-order valence-corrected chi connectivity index (χ3v) is 5.41. The first kappa shape index (κ1) is 21.2. The first-order valence-electron chi connectivity index (χ1n) is 9.41. The third-order valence-electron chi connectivity index (χ3n) is 5.41. The van der Waals surface area contributed by atoms with Crippen molar-refractivity contribution in [2.24, 2.45) is 0 Å². The van der Waals surface area contributed by atoms with Crippen LogP contribution in [0.5, 0.6) is 17.2 Å². The maximum atomic E-state index is 13.0. The number of carbonyl (C=O) groups is 2. The molecule has 0 radical (unpaired) electrons. The summed E-state index contributed by atoms with van der Waals surface area (Å²) in [7, 11) is 0. The SMILES string of the molecule is Cc1cc(O)c2c(c1)C(=O)c1cc(O)c(O[C@H]3O[C@H](CO)[C@@H](O)[C@H](O)[C@H]3O)cc1C2=O. The Kier molecular flexibility index (Phi) is 5.20. The van der Waals surface area contributed by atoms with E-state index in [-0.39, 0.29) is 33.8 Å². The minimum atomic E-state index is -1.74. The molecular formula is C21H20O10. The van der Waals surface area contributed by atoms with Crippen LogP contribution in [0.3, 0.4) is 0 Å². The molecule has 4 rings (SSSR count). The van der Waals surface area contributed by atoms with Gasteiger partial charge in [-0.15, -0.1) is 0 Å². The highest BCUT2D eigenvalue weighted by Gasteiger charge is 2.45. The number of hydrogen-bond donors (Lipinski definition) is 6. The number of ether oxygens (including phenoxy) is 2. The average Bonchev–Trinajstić information content (AvgIpc) is 2.72. The van der Waals surface area contributed by atoms with E-state index in [9.17, 15) is 40.2 Å². The molecule has 0 aromatic heterocycles. The fourth-order valence-corrected chi connectivity index (χ4v) is 3.79. The van der Waals surface area contributed by atoms with E-state index in [0.29, 0.717) is 5.56 Å². The van der Waals surface area contributed by atoms with E-state index in [2.05, 4.69) is 0 Å². The number of hydrogen-bond acceptors (Lipinski definition) is 10. The molecule has 0 saturated carbocycles. The molecule has 10 heteroatoms. The highest BCUT2D eigenvalue weighted by Crippen LogP contribution is 2.39. The zero-order valence-electron chi connectivity index (χ0n) is 16.2. The molecule has 1 heterocycles. The Bertz CT molecular complexity index is 1080. The molecule has 0 unspecified atom stereocenters. The van der Waals surface area contributed by atoms with Crippen LogP contribution in [0.15, 0.2) is 24.3 Å². The predicted octanol–water partition coefficient (Wildman–Crippen LogP) is -0.640. The third kappa shape index (κ3) is 3.34. The number of benzene rings is 2. The zero-order chi connectivity index (χ0) is 22.6. The van der Waals surface area contributed by atoms with Gasteiger partial charge in [0.1, 0.15) is 30.2 Å². The second-order valence-corrected chi connectivity index (χ2v) is 7.55. The standard InChI is InChI=1S/C21H20O10/c1-7-2-10-15(12(24)3-7)17(26)9-5-13(11(23)4-8(9)16(10)25)30-21-20(29)19(28)18(27)14(6-22)31-21/h2-5,14,18-24,27-29H,6H2,1H3/t14-,18-,19+,20-,21+/m1/s1. The Morgan fingerprint density at radius 2 is 1.55 bits per heavy atom. The van der Waals surface area contributed by atoms with E-state index in [4.69, 9.17) is 9.47 Å². The highest BCUT2D eigenvalue weighted by molar-refractivity contribution is 6.29. The van der Waals surface area contributed by atoms with Gasteiger partial charge in [-0.1, -0.05) is 0 Å². The smallest absolute Gasteiger partial charge is 0.229 e. The summed E-state index contributed by atoms with van der Waals surface area (Å²) < 4.78 is 10.6. The molecule has 1 fully saturated rings. The number of aromatic hydroxyl groups is 2. The first-order chi connectivity index (χ1) is 14.6. The van der Waals surface area contributed by atoms with Crippen molar-refractivity contribution >= 4 is 11.6 Å². The van der Waals surface area contributed by atoms with E-state index >= 15 is 0 Å². The lowest BCUT2D eigenvalue weighted by Crippen LogP contribution is -2.60. The largest absolute Gasteiger partial charge is 0.507 e. The zero-order valence-corrected chi connectivity index (χ0v) is 16.2. The monoisotopic (exact) mass is 432 g/mol. The Morgan fingerprint density at radius 3 is 2.23 bits per heavy atom. The predicted molar refractivity (Wildman–Crippen MR) is 102 cm³/mol. The number of carbonyl (C=O) groups excluding carboxylic acids is 2. The Hall–Kier alpha value is -3.02. The molecule has 2 aromatic rings. The number of aliphatic hydroxyl groups is 4. The summed E-state index contributed by atoms with van der Waals surface area (Å²) >= 11 is 0. The molecule has 10 nitrogen and oxygen atoms in total. The van der Waals surface area contributed by atoms with Gasteiger partial charge in [0.15, 0.2) is 23.1 Å². The molecule has 0 spiro atoms. The normalized spacial score (nSPS) is 27.6. The minimum Gasteiger partial charge on any atom is -0.507 e. The van der Waals surface area contributed by atoms with Gasteiger partial charge >= 0.3 is 0 Å². The van der Waals surface area contributed by atoms with Gasteiger partial charge in [0.2, 0.25) is 6.29 Å². The maximum Gasteiger partial charge on any atom is 0.229 e. The Labute approximate surface area is 175 Å². The van der Waals surface area contributed by atoms with Crippen molar-refractivity contribution < 1.29 is 49.7 Å². The van der Waals surface area contributed by atoms with E-state index in [0.717, 1.165) is 12.1 Å². The van der Waals surface area contributed by atoms with Crippen LogP contribution in [0, 0.1) is 6.92 Å². The number of ketones is 2. The summed E-state index contributed by atoms with van der Waals surface area (Å²) in [5.74, 6) is -2.49. The van der Waals surface area contributed by atoms with Crippen LogP contribution in [0.1, 0.15) is 37.4 Å².